The van der Waals surface area contributed by atoms with Crippen LogP contribution in [-0.2, 0) is 0 Å². The molecule has 0 heterocycles. The van der Waals surface area contributed by atoms with Gasteiger partial charge in [0.25, 0.3) is 0 Å². The van der Waals surface area contributed by atoms with Gasteiger partial charge in [-0.25, -0.2) is 0 Å². The van der Waals surface area contributed by atoms with Gasteiger partial charge in [0, 0.05) is 4.87 Å². The van der Waals surface area contributed by atoms with E-state index in [2.05, 4.69) is 0 Å². The molecule has 6 heavy (non-hydrogen) atoms. The molecule has 34 valence electrons. The molecule has 0 nitrogen and oxygen atoms in total. The van der Waals surface area contributed by atoms with E-state index in [9.17, 15) is 0 Å². The summed E-state index contributed by atoms with van der Waals surface area (Å²) in [6, 6.07) is 0. The van der Waals surface area contributed by atoms with Crippen molar-refractivity contribution in [3.8, 4) is 0 Å². The van der Waals surface area contributed by atoms with Gasteiger partial charge in [0.1, 0.15) is 0 Å². The fraction of sp³-hybridized carbons (Fsp3) is 1.00. The van der Waals surface area contributed by atoms with E-state index in [1.165, 1.54) is 19.3 Å². The molecule has 0 radical (unpaired) electrons. The molecule has 3 saturated carbocycles. The van der Waals surface area contributed by atoms with Crippen LogP contribution in [0.4, 0.5) is 0 Å². The van der Waals surface area contributed by atoms with Crippen molar-refractivity contribution in [1.29, 1.82) is 0 Å². The monoisotopic (exact) mass is 102 g/mol. The summed E-state index contributed by atoms with van der Waals surface area (Å²) in [5, 5.41) is 0. The van der Waals surface area contributed by atoms with Crippen molar-refractivity contribution in [2.75, 3.05) is 0 Å². The van der Waals surface area contributed by atoms with E-state index in [-0.39, 0.29) is 0 Å². The molecule has 3 aliphatic carbocycles. The van der Waals surface area contributed by atoms with Crippen LogP contribution < -0.4 is 0 Å². The van der Waals surface area contributed by atoms with Gasteiger partial charge in [-0.05, 0) is 25.2 Å². The number of hydrogen-bond donors (Lipinski definition) is 0. The van der Waals surface area contributed by atoms with E-state index in [0.29, 0.717) is 4.87 Å². The van der Waals surface area contributed by atoms with Gasteiger partial charge in [0.05, 0.1) is 0 Å². The van der Waals surface area contributed by atoms with Crippen LogP contribution in [0, 0.1) is 5.92 Å². The van der Waals surface area contributed by atoms with E-state index < -0.39 is 0 Å². The number of halogens is 1. The van der Waals surface area contributed by atoms with Crippen molar-refractivity contribution in [3.63, 3.8) is 0 Å². The van der Waals surface area contributed by atoms with Gasteiger partial charge >= 0.3 is 0 Å². The lowest BCUT2D eigenvalue weighted by Gasteiger charge is -2.57. The minimum atomic E-state index is 0.338. The fourth-order valence-electron chi connectivity index (χ4n) is 1.37. The molecule has 3 aliphatic rings. The summed E-state index contributed by atoms with van der Waals surface area (Å²) >= 11 is 5.87. The summed E-state index contributed by atoms with van der Waals surface area (Å²) in [6.07, 6.45) is 3.94. The zero-order valence-corrected chi connectivity index (χ0v) is 4.33. The molecule has 0 aromatic heterocycles. The van der Waals surface area contributed by atoms with Crippen LogP contribution in [0.1, 0.15) is 19.3 Å². The molecular formula is C5H7Cl. The van der Waals surface area contributed by atoms with Crippen LogP contribution in [0.3, 0.4) is 0 Å². The van der Waals surface area contributed by atoms with Crippen LogP contribution in [0.2, 0.25) is 0 Å². The largest absolute Gasteiger partial charge is 0.119 e. The van der Waals surface area contributed by atoms with E-state index in [1.54, 1.807) is 0 Å². The van der Waals surface area contributed by atoms with Crippen molar-refractivity contribution in [3.05, 3.63) is 0 Å². The Balaban J connectivity index is 2.19. The first-order valence-corrected chi connectivity index (χ1v) is 2.85. The van der Waals surface area contributed by atoms with E-state index in [4.69, 9.17) is 11.6 Å². The second-order valence-electron chi connectivity index (χ2n) is 2.63. The highest BCUT2D eigenvalue weighted by Crippen LogP contribution is 2.61. The Morgan fingerprint density at radius 2 is 1.67 bits per heavy atom. The van der Waals surface area contributed by atoms with Gasteiger partial charge < -0.3 is 0 Å². The lowest BCUT2D eigenvalue weighted by Crippen LogP contribution is -2.53. The third-order valence-corrected chi connectivity index (χ3v) is 2.43. The van der Waals surface area contributed by atoms with E-state index in [1.807, 2.05) is 0 Å². The van der Waals surface area contributed by atoms with Crippen molar-refractivity contribution >= 4 is 11.6 Å². The lowest BCUT2D eigenvalue weighted by molar-refractivity contribution is 0.0507. The van der Waals surface area contributed by atoms with Gasteiger partial charge in [0.15, 0.2) is 0 Å². The molecule has 0 aromatic rings. The third kappa shape index (κ3) is 0.199. The van der Waals surface area contributed by atoms with Gasteiger partial charge in [0.2, 0.25) is 0 Å². The minimum absolute atomic E-state index is 0.338. The first kappa shape index (κ1) is 3.31. The molecule has 0 aliphatic heterocycles. The number of alkyl halides is 1. The Bertz CT molecular complexity index is 70.9. The third-order valence-electron chi connectivity index (χ3n) is 1.96. The molecular weight excluding hydrogens is 95.5 g/mol. The summed E-state index contributed by atoms with van der Waals surface area (Å²) < 4.78 is 0. The first-order chi connectivity index (χ1) is 2.79. The summed E-state index contributed by atoms with van der Waals surface area (Å²) in [4.78, 5) is 0.338. The van der Waals surface area contributed by atoms with Gasteiger partial charge in [-0.15, -0.1) is 11.6 Å². The predicted molar refractivity (Wildman–Crippen MR) is 25.9 cm³/mol. The second-order valence-corrected chi connectivity index (χ2v) is 3.43. The van der Waals surface area contributed by atoms with Crippen LogP contribution in [0.15, 0.2) is 0 Å². The molecule has 3 rings (SSSR count). The van der Waals surface area contributed by atoms with E-state index >= 15 is 0 Å². The highest BCUT2D eigenvalue weighted by molar-refractivity contribution is 6.25. The Kier molecular flexibility index (Phi) is 0.356. The van der Waals surface area contributed by atoms with Crippen LogP contribution in [0.25, 0.3) is 0 Å². The average Bonchev–Trinajstić information content (AvgIpc) is 1.24. The topological polar surface area (TPSA) is 0 Å². The Morgan fingerprint density at radius 3 is 1.67 bits per heavy atom. The van der Waals surface area contributed by atoms with Crippen molar-refractivity contribution in [1.82, 2.24) is 0 Å². The maximum absolute atomic E-state index is 5.87. The van der Waals surface area contributed by atoms with E-state index in [0.717, 1.165) is 5.92 Å². The highest BCUT2D eigenvalue weighted by Gasteiger charge is 2.55. The van der Waals surface area contributed by atoms with Crippen LogP contribution >= 0.6 is 11.6 Å². The first-order valence-electron chi connectivity index (χ1n) is 2.47. The molecule has 3 fully saturated rings. The van der Waals surface area contributed by atoms with Crippen molar-refractivity contribution in [2.45, 2.75) is 24.1 Å². The molecule has 0 spiro atoms. The minimum Gasteiger partial charge on any atom is -0.119 e. The SMILES string of the molecule is ClC12CC(C1)C2. The average molecular weight is 103 g/mol. The number of hydrogen-bond acceptors (Lipinski definition) is 0. The van der Waals surface area contributed by atoms with Gasteiger partial charge in [-0.1, -0.05) is 0 Å². The molecule has 0 aromatic carbocycles. The molecule has 0 amide bonds. The van der Waals surface area contributed by atoms with Crippen molar-refractivity contribution in [2.24, 2.45) is 5.92 Å². The summed E-state index contributed by atoms with van der Waals surface area (Å²) in [5.41, 5.74) is 0. The van der Waals surface area contributed by atoms with Crippen molar-refractivity contribution < 1.29 is 0 Å². The second kappa shape index (κ2) is 0.645. The Labute approximate surface area is 42.5 Å². The van der Waals surface area contributed by atoms with Gasteiger partial charge in [-0.3, -0.25) is 0 Å². The predicted octanol–water partition coefficient (Wildman–Crippen LogP) is 1.78. The summed E-state index contributed by atoms with van der Waals surface area (Å²) in [6.45, 7) is 0. The summed E-state index contributed by atoms with van der Waals surface area (Å²) in [5.74, 6) is 1.04. The maximum atomic E-state index is 5.87. The molecule has 0 N–H and O–H groups in total. The molecule has 0 unspecified atom stereocenters. The molecule has 0 atom stereocenters. The fourth-order valence-corrected chi connectivity index (χ4v) is 2.03. The smallest absolute Gasteiger partial charge is 0.0454 e. The zero-order valence-electron chi connectivity index (χ0n) is 3.58. The zero-order chi connectivity index (χ0) is 4.20. The highest BCUT2D eigenvalue weighted by atomic mass is 35.5. The lowest BCUT2D eigenvalue weighted by atomic mass is 9.55. The molecule has 2 bridgehead atoms. The molecule has 0 saturated heterocycles. The number of rotatable bonds is 0. The van der Waals surface area contributed by atoms with Crippen LogP contribution in [0.5, 0.6) is 0 Å². The maximum Gasteiger partial charge on any atom is 0.0454 e. The summed E-state index contributed by atoms with van der Waals surface area (Å²) in [7, 11) is 0. The van der Waals surface area contributed by atoms with Gasteiger partial charge in [-0.2, -0.15) is 0 Å². The molecule has 1 heteroatoms. The quantitative estimate of drug-likeness (QED) is 0.409. The Hall–Kier alpha value is 0.290. The van der Waals surface area contributed by atoms with Crippen LogP contribution in [-0.4, -0.2) is 4.87 Å². The normalized spacial score (nSPS) is 62.5. The standard InChI is InChI=1S/C5H7Cl/c6-5-1-4(2-5)3-5/h4H,1-3H2. The Morgan fingerprint density at radius 1 is 1.33 bits per heavy atom.